The summed E-state index contributed by atoms with van der Waals surface area (Å²) in [4.78, 5) is 2.37. The molecule has 0 spiro atoms. The Morgan fingerprint density at radius 3 is 2.55 bits per heavy atom. The number of halogens is 1. The van der Waals surface area contributed by atoms with Gasteiger partial charge in [-0.05, 0) is 55.3 Å². The van der Waals surface area contributed by atoms with Gasteiger partial charge < -0.3 is 15.4 Å². The van der Waals surface area contributed by atoms with Crippen LogP contribution in [-0.4, -0.2) is 19.2 Å². The van der Waals surface area contributed by atoms with E-state index in [1.807, 2.05) is 12.1 Å². The normalized spacial score (nSPS) is 17.8. The summed E-state index contributed by atoms with van der Waals surface area (Å²) in [5.41, 5.74) is 10.2. The van der Waals surface area contributed by atoms with E-state index in [1.54, 1.807) is 6.07 Å². The minimum atomic E-state index is 0.155. The van der Waals surface area contributed by atoms with Crippen molar-refractivity contribution in [3.8, 4) is 5.75 Å². The van der Waals surface area contributed by atoms with Crippen LogP contribution in [0.4, 0.5) is 11.4 Å². The Kier molecular flexibility index (Phi) is 4.16. The van der Waals surface area contributed by atoms with E-state index in [0.717, 1.165) is 19.5 Å². The van der Waals surface area contributed by atoms with E-state index in [0.29, 0.717) is 16.5 Å². The van der Waals surface area contributed by atoms with Gasteiger partial charge in [0.15, 0.2) is 0 Å². The van der Waals surface area contributed by atoms with Gasteiger partial charge in [0.05, 0.1) is 11.6 Å². The molecule has 0 radical (unpaired) electrons. The molecule has 0 bridgehead atoms. The lowest BCUT2D eigenvalue weighted by atomic mass is 10.1. The topological polar surface area (TPSA) is 38.5 Å². The molecule has 0 unspecified atom stereocenters. The predicted octanol–water partition coefficient (Wildman–Crippen LogP) is 4.20. The third-order valence-electron chi connectivity index (χ3n) is 3.97. The number of nitrogens with zero attached hydrogens (tertiary/aromatic N) is 1. The highest BCUT2D eigenvalue weighted by atomic mass is 35.5. The van der Waals surface area contributed by atoms with Crippen molar-refractivity contribution >= 4 is 23.0 Å². The van der Waals surface area contributed by atoms with Crippen LogP contribution in [0.1, 0.15) is 17.5 Å². The fraction of sp³-hybridized carbons (Fsp3) is 0.333. The molecule has 1 atom stereocenters. The highest BCUT2D eigenvalue weighted by Gasteiger charge is 2.25. The lowest BCUT2D eigenvalue weighted by Crippen LogP contribution is -2.24. The molecule has 116 valence electrons. The van der Waals surface area contributed by atoms with E-state index in [-0.39, 0.29) is 6.10 Å². The van der Waals surface area contributed by atoms with Crippen LogP contribution in [0.5, 0.6) is 5.75 Å². The van der Waals surface area contributed by atoms with Crippen LogP contribution < -0.4 is 15.4 Å². The highest BCUT2D eigenvalue weighted by Crippen LogP contribution is 2.30. The van der Waals surface area contributed by atoms with Crippen molar-refractivity contribution in [2.24, 2.45) is 0 Å². The maximum absolute atomic E-state index is 6.18. The van der Waals surface area contributed by atoms with Gasteiger partial charge in [0.25, 0.3) is 0 Å². The van der Waals surface area contributed by atoms with Gasteiger partial charge in [0.1, 0.15) is 11.9 Å². The lowest BCUT2D eigenvalue weighted by molar-refractivity contribution is 0.225. The number of anilines is 2. The van der Waals surface area contributed by atoms with Crippen LogP contribution in [0.3, 0.4) is 0 Å². The third kappa shape index (κ3) is 3.30. The largest absolute Gasteiger partial charge is 0.487 e. The maximum atomic E-state index is 6.18. The van der Waals surface area contributed by atoms with Gasteiger partial charge in [-0.2, -0.15) is 0 Å². The van der Waals surface area contributed by atoms with E-state index in [2.05, 4.69) is 36.9 Å². The SMILES string of the molecule is Cc1cc(C)cc(N2CC[C@H](Oc3ccc(N)cc3Cl)C2)c1. The minimum absolute atomic E-state index is 0.155. The first-order valence-electron chi connectivity index (χ1n) is 7.56. The predicted molar refractivity (Wildman–Crippen MR) is 93.0 cm³/mol. The van der Waals surface area contributed by atoms with Crippen LogP contribution in [0.2, 0.25) is 5.02 Å². The molecular formula is C18H21ClN2O. The molecule has 0 saturated carbocycles. The summed E-state index contributed by atoms with van der Waals surface area (Å²) in [6.07, 6.45) is 1.15. The molecule has 1 fully saturated rings. The molecule has 22 heavy (non-hydrogen) atoms. The Morgan fingerprint density at radius 1 is 1.14 bits per heavy atom. The number of nitrogen functional groups attached to an aromatic ring is 1. The van der Waals surface area contributed by atoms with Gasteiger partial charge in [-0.15, -0.1) is 0 Å². The van der Waals surface area contributed by atoms with Crippen molar-refractivity contribution in [2.45, 2.75) is 26.4 Å². The Hall–Kier alpha value is -1.87. The highest BCUT2D eigenvalue weighted by molar-refractivity contribution is 6.32. The summed E-state index contributed by atoms with van der Waals surface area (Å²) in [7, 11) is 0. The van der Waals surface area contributed by atoms with Crippen molar-refractivity contribution in [3.05, 3.63) is 52.5 Å². The zero-order valence-electron chi connectivity index (χ0n) is 13.0. The van der Waals surface area contributed by atoms with Crippen molar-refractivity contribution in [1.29, 1.82) is 0 Å². The summed E-state index contributed by atoms with van der Waals surface area (Å²) < 4.78 is 6.04. The molecule has 2 aromatic rings. The number of nitrogens with two attached hydrogens (primary N) is 1. The summed E-state index contributed by atoms with van der Waals surface area (Å²) >= 11 is 6.18. The zero-order chi connectivity index (χ0) is 15.7. The van der Waals surface area contributed by atoms with Gasteiger partial charge in [-0.25, -0.2) is 0 Å². The molecule has 2 aromatic carbocycles. The van der Waals surface area contributed by atoms with E-state index in [9.17, 15) is 0 Å². The Balaban J connectivity index is 1.69. The first kappa shape index (κ1) is 15.0. The van der Waals surface area contributed by atoms with E-state index >= 15 is 0 Å². The maximum Gasteiger partial charge on any atom is 0.138 e. The summed E-state index contributed by atoms with van der Waals surface area (Å²) in [6, 6.07) is 12.0. The number of hydrogen-bond acceptors (Lipinski definition) is 3. The van der Waals surface area contributed by atoms with E-state index in [4.69, 9.17) is 22.1 Å². The summed E-state index contributed by atoms with van der Waals surface area (Å²) in [5, 5.41) is 0.574. The minimum Gasteiger partial charge on any atom is -0.487 e. The molecule has 1 saturated heterocycles. The molecule has 2 N–H and O–H groups in total. The van der Waals surface area contributed by atoms with Gasteiger partial charge >= 0.3 is 0 Å². The number of ether oxygens (including phenoxy) is 1. The van der Waals surface area contributed by atoms with Crippen LogP contribution >= 0.6 is 11.6 Å². The van der Waals surface area contributed by atoms with Gasteiger partial charge in [0, 0.05) is 24.3 Å². The number of aryl methyl sites for hydroxylation is 2. The van der Waals surface area contributed by atoms with Crippen molar-refractivity contribution in [3.63, 3.8) is 0 Å². The average Bonchev–Trinajstić information content (AvgIpc) is 2.89. The number of rotatable bonds is 3. The van der Waals surface area contributed by atoms with Crippen LogP contribution in [0.15, 0.2) is 36.4 Å². The average molecular weight is 317 g/mol. The van der Waals surface area contributed by atoms with Crippen molar-refractivity contribution in [2.75, 3.05) is 23.7 Å². The molecule has 4 heteroatoms. The van der Waals surface area contributed by atoms with Gasteiger partial charge in [-0.3, -0.25) is 0 Å². The third-order valence-corrected chi connectivity index (χ3v) is 4.26. The zero-order valence-corrected chi connectivity index (χ0v) is 13.7. The van der Waals surface area contributed by atoms with E-state index in [1.165, 1.54) is 16.8 Å². The molecule has 1 heterocycles. The van der Waals surface area contributed by atoms with Gasteiger partial charge in [0.2, 0.25) is 0 Å². The first-order valence-corrected chi connectivity index (χ1v) is 7.94. The quantitative estimate of drug-likeness (QED) is 0.863. The molecule has 3 nitrogen and oxygen atoms in total. The van der Waals surface area contributed by atoms with Crippen molar-refractivity contribution < 1.29 is 4.74 Å². The molecule has 3 rings (SSSR count). The first-order chi connectivity index (χ1) is 10.5. The van der Waals surface area contributed by atoms with Crippen LogP contribution in [-0.2, 0) is 0 Å². The Bertz CT molecular complexity index is 667. The Labute approximate surface area is 136 Å². The van der Waals surface area contributed by atoms with Crippen molar-refractivity contribution in [1.82, 2.24) is 0 Å². The fourth-order valence-corrected chi connectivity index (χ4v) is 3.22. The fourth-order valence-electron chi connectivity index (χ4n) is 2.98. The second-order valence-corrected chi connectivity index (χ2v) is 6.42. The second-order valence-electron chi connectivity index (χ2n) is 6.01. The van der Waals surface area contributed by atoms with E-state index < -0.39 is 0 Å². The standard InChI is InChI=1S/C18H21ClN2O/c1-12-7-13(2)9-15(8-12)21-6-5-16(11-21)22-18-4-3-14(20)10-17(18)19/h3-4,7-10,16H,5-6,11,20H2,1-2H3/t16-/m0/s1. The van der Waals surface area contributed by atoms with Crippen LogP contribution in [0, 0.1) is 13.8 Å². The molecule has 0 aromatic heterocycles. The molecular weight excluding hydrogens is 296 g/mol. The molecule has 0 amide bonds. The molecule has 1 aliphatic heterocycles. The smallest absolute Gasteiger partial charge is 0.138 e. The second kappa shape index (κ2) is 6.09. The monoisotopic (exact) mass is 316 g/mol. The van der Waals surface area contributed by atoms with Crippen LogP contribution in [0.25, 0.3) is 0 Å². The lowest BCUT2D eigenvalue weighted by Gasteiger charge is -2.20. The number of benzene rings is 2. The molecule has 1 aliphatic rings. The molecule has 0 aliphatic carbocycles. The summed E-state index contributed by atoms with van der Waals surface area (Å²) in [6.45, 7) is 6.15. The summed E-state index contributed by atoms with van der Waals surface area (Å²) in [5.74, 6) is 0.711. The van der Waals surface area contributed by atoms with Gasteiger partial charge in [-0.1, -0.05) is 17.7 Å². The number of hydrogen-bond donors (Lipinski definition) is 1. The Morgan fingerprint density at radius 2 is 1.86 bits per heavy atom.